The minimum atomic E-state index is 0.0218. The summed E-state index contributed by atoms with van der Waals surface area (Å²) in [6.07, 6.45) is 2.02. The predicted molar refractivity (Wildman–Crippen MR) is 89.0 cm³/mol. The van der Waals surface area contributed by atoms with Crippen LogP contribution in [0.3, 0.4) is 0 Å². The predicted octanol–water partition coefficient (Wildman–Crippen LogP) is 3.68. The van der Waals surface area contributed by atoms with Gasteiger partial charge in [-0.1, -0.05) is 30.3 Å². The van der Waals surface area contributed by atoms with E-state index in [1.165, 1.54) is 5.56 Å². The summed E-state index contributed by atoms with van der Waals surface area (Å²) in [5.41, 5.74) is 1.79. The van der Waals surface area contributed by atoms with Gasteiger partial charge in [-0.2, -0.15) is 0 Å². The third-order valence-corrected chi connectivity index (χ3v) is 4.30. The molecule has 0 radical (unpaired) electrons. The van der Waals surface area contributed by atoms with Crippen LogP contribution in [0, 0.1) is 0 Å². The van der Waals surface area contributed by atoms with Gasteiger partial charge < -0.3 is 14.4 Å². The lowest BCUT2D eigenvalue weighted by Crippen LogP contribution is -2.30. The van der Waals surface area contributed by atoms with Crippen molar-refractivity contribution in [2.45, 2.75) is 18.9 Å². The molecule has 1 heterocycles. The molecule has 4 heteroatoms. The van der Waals surface area contributed by atoms with Crippen LogP contribution in [0.25, 0.3) is 0 Å². The van der Waals surface area contributed by atoms with Gasteiger partial charge in [0, 0.05) is 18.2 Å². The SMILES string of the molecule is COc1cc(OC)cc(C(=O)N2CCC[C@@H]2c2ccccc2)c1. The summed E-state index contributed by atoms with van der Waals surface area (Å²) < 4.78 is 10.5. The molecule has 4 nitrogen and oxygen atoms in total. The zero-order chi connectivity index (χ0) is 16.2. The molecule has 1 aliphatic heterocycles. The van der Waals surface area contributed by atoms with E-state index in [2.05, 4.69) is 12.1 Å². The number of ether oxygens (including phenoxy) is 2. The van der Waals surface area contributed by atoms with Crippen molar-refractivity contribution in [2.75, 3.05) is 20.8 Å². The van der Waals surface area contributed by atoms with Gasteiger partial charge in [-0.25, -0.2) is 0 Å². The molecule has 2 aromatic carbocycles. The molecule has 3 rings (SSSR count). The highest BCUT2D eigenvalue weighted by Gasteiger charge is 2.30. The van der Waals surface area contributed by atoms with E-state index in [0.29, 0.717) is 17.1 Å². The second kappa shape index (κ2) is 6.73. The molecule has 120 valence electrons. The fourth-order valence-electron chi connectivity index (χ4n) is 3.13. The molecule has 0 N–H and O–H groups in total. The molecule has 1 atom stereocenters. The molecule has 23 heavy (non-hydrogen) atoms. The first-order chi connectivity index (χ1) is 11.2. The lowest BCUT2D eigenvalue weighted by atomic mass is 10.0. The van der Waals surface area contributed by atoms with E-state index in [1.54, 1.807) is 32.4 Å². The highest BCUT2D eigenvalue weighted by Crippen LogP contribution is 2.34. The molecule has 1 aliphatic rings. The molecule has 0 bridgehead atoms. The number of methoxy groups -OCH3 is 2. The first kappa shape index (κ1) is 15.4. The van der Waals surface area contributed by atoms with Crippen molar-refractivity contribution in [2.24, 2.45) is 0 Å². The van der Waals surface area contributed by atoms with Gasteiger partial charge in [0.2, 0.25) is 0 Å². The fourth-order valence-corrected chi connectivity index (χ4v) is 3.13. The maximum atomic E-state index is 13.0. The molecule has 0 aliphatic carbocycles. The van der Waals surface area contributed by atoms with E-state index in [9.17, 15) is 4.79 Å². The highest BCUT2D eigenvalue weighted by molar-refractivity contribution is 5.95. The van der Waals surface area contributed by atoms with Crippen LogP contribution in [-0.2, 0) is 0 Å². The Morgan fingerprint density at radius 3 is 2.30 bits per heavy atom. The Bertz CT molecular complexity index is 662. The number of likely N-dealkylation sites (tertiary alicyclic amines) is 1. The van der Waals surface area contributed by atoms with Gasteiger partial charge in [0.15, 0.2) is 0 Å². The Balaban J connectivity index is 1.90. The summed E-state index contributed by atoms with van der Waals surface area (Å²) in [4.78, 5) is 14.9. The van der Waals surface area contributed by atoms with Gasteiger partial charge in [0.05, 0.1) is 20.3 Å². The average molecular weight is 311 g/mol. The van der Waals surface area contributed by atoms with Gasteiger partial charge in [-0.15, -0.1) is 0 Å². The summed E-state index contributed by atoms with van der Waals surface area (Å²) in [5.74, 6) is 1.28. The summed E-state index contributed by atoms with van der Waals surface area (Å²) in [5, 5.41) is 0. The van der Waals surface area contributed by atoms with Crippen molar-refractivity contribution >= 4 is 5.91 Å². The van der Waals surface area contributed by atoms with Crippen molar-refractivity contribution in [3.8, 4) is 11.5 Å². The van der Waals surface area contributed by atoms with Crippen LogP contribution in [0.2, 0.25) is 0 Å². The molecule has 1 amide bonds. The molecule has 0 aromatic heterocycles. The second-order valence-electron chi connectivity index (χ2n) is 5.67. The lowest BCUT2D eigenvalue weighted by molar-refractivity contribution is 0.0735. The van der Waals surface area contributed by atoms with Crippen molar-refractivity contribution in [1.82, 2.24) is 4.90 Å². The van der Waals surface area contributed by atoms with Crippen molar-refractivity contribution < 1.29 is 14.3 Å². The number of carbonyl (C=O) groups is 1. The third-order valence-electron chi connectivity index (χ3n) is 4.30. The molecule has 0 saturated carbocycles. The number of nitrogens with zero attached hydrogens (tertiary/aromatic N) is 1. The molecule has 1 saturated heterocycles. The number of rotatable bonds is 4. The Morgan fingerprint density at radius 1 is 1.04 bits per heavy atom. The van der Waals surface area contributed by atoms with Gasteiger partial charge in [-0.05, 0) is 30.5 Å². The van der Waals surface area contributed by atoms with Crippen LogP contribution in [-0.4, -0.2) is 31.6 Å². The number of hydrogen-bond donors (Lipinski definition) is 0. The van der Waals surface area contributed by atoms with Crippen molar-refractivity contribution in [1.29, 1.82) is 0 Å². The first-order valence-electron chi connectivity index (χ1n) is 7.82. The smallest absolute Gasteiger partial charge is 0.254 e. The maximum Gasteiger partial charge on any atom is 0.254 e. The van der Waals surface area contributed by atoms with Gasteiger partial charge in [-0.3, -0.25) is 4.79 Å². The normalized spacial score (nSPS) is 17.1. The Hall–Kier alpha value is -2.49. The molecule has 0 unspecified atom stereocenters. The molecular formula is C19H21NO3. The summed E-state index contributed by atoms with van der Waals surface area (Å²) in [6, 6.07) is 15.7. The average Bonchev–Trinajstić information content (AvgIpc) is 3.11. The Morgan fingerprint density at radius 2 is 1.70 bits per heavy atom. The number of carbonyl (C=O) groups excluding carboxylic acids is 1. The number of amides is 1. The van der Waals surface area contributed by atoms with E-state index < -0.39 is 0 Å². The van der Waals surface area contributed by atoms with Crippen molar-refractivity contribution in [3.63, 3.8) is 0 Å². The van der Waals surface area contributed by atoms with Crippen molar-refractivity contribution in [3.05, 3.63) is 59.7 Å². The van der Waals surface area contributed by atoms with Crippen LogP contribution in [0.5, 0.6) is 11.5 Å². The first-order valence-corrected chi connectivity index (χ1v) is 7.82. The maximum absolute atomic E-state index is 13.0. The van der Waals surface area contributed by atoms with Crippen LogP contribution in [0.1, 0.15) is 34.8 Å². The van der Waals surface area contributed by atoms with Crippen LogP contribution in [0.15, 0.2) is 48.5 Å². The molecule has 2 aromatic rings. The molecular weight excluding hydrogens is 290 g/mol. The summed E-state index contributed by atoms with van der Waals surface area (Å²) >= 11 is 0. The fraction of sp³-hybridized carbons (Fsp3) is 0.316. The minimum absolute atomic E-state index is 0.0218. The highest BCUT2D eigenvalue weighted by atomic mass is 16.5. The van der Waals surface area contributed by atoms with Gasteiger partial charge in [0.1, 0.15) is 11.5 Å². The van der Waals surface area contributed by atoms with Crippen LogP contribution >= 0.6 is 0 Å². The Labute approximate surface area is 136 Å². The minimum Gasteiger partial charge on any atom is -0.497 e. The molecule has 1 fully saturated rings. The molecule has 0 spiro atoms. The van der Waals surface area contributed by atoms with E-state index in [1.807, 2.05) is 23.1 Å². The van der Waals surface area contributed by atoms with Crippen LogP contribution in [0.4, 0.5) is 0 Å². The topological polar surface area (TPSA) is 38.8 Å². The van der Waals surface area contributed by atoms with E-state index in [4.69, 9.17) is 9.47 Å². The van der Waals surface area contributed by atoms with Crippen LogP contribution < -0.4 is 9.47 Å². The number of benzene rings is 2. The third kappa shape index (κ3) is 3.16. The van der Waals surface area contributed by atoms with Gasteiger partial charge >= 0.3 is 0 Å². The summed E-state index contributed by atoms with van der Waals surface area (Å²) in [7, 11) is 3.18. The standard InChI is InChI=1S/C19H21NO3/c1-22-16-11-15(12-17(13-16)23-2)19(21)20-10-6-9-18(20)14-7-4-3-5-8-14/h3-5,7-8,11-13,18H,6,9-10H2,1-2H3/t18-/m1/s1. The van der Waals surface area contributed by atoms with E-state index in [-0.39, 0.29) is 11.9 Å². The monoisotopic (exact) mass is 311 g/mol. The number of hydrogen-bond acceptors (Lipinski definition) is 3. The van der Waals surface area contributed by atoms with E-state index >= 15 is 0 Å². The summed E-state index contributed by atoms with van der Waals surface area (Å²) in [6.45, 7) is 0.776. The lowest BCUT2D eigenvalue weighted by Gasteiger charge is -2.25. The Kier molecular flexibility index (Phi) is 4.51. The van der Waals surface area contributed by atoms with E-state index in [0.717, 1.165) is 19.4 Å². The largest absolute Gasteiger partial charge is 0.497 e. The zero-order valence-corrected chi connectivity index (χ0v) is 13.5. The van der Waals surface area contributed by atoms with Gasteiger partial charge in [0.25, 0.3) is 5.91 Å². The quantitative estimate of drug-likeness (QED) is 0.864. The zero-order valence-electron chi connectivity index (χ0n) is 13.5. The second-order valence-corrected chi connectivity index (χ2v) is 5.67.